The number of carbonyl (C=O) groups excluding carboxylic acids is 1. The molecule has 0 spiro atoms. The van der Waals surface area contributed by atoms with Crippen LogP contribution in [0.4, 0.5) is 15.3 Å². The van der Waals surface area contributed by atoms with E-state index in [-0.39, 0.29) is 24.2 Å². The van der Waals surface area contributed by atoms with Crippen LogP contribution < -0.4 is 5.32 Å². The monoisotopic (exact) mass is 470 g/mol. The van der Waals surface area contributed by atoms with Gasteiger partial charge in [0.1, 0.15) is 11.6 Å². The first-order valence-electron chi connectivity index (χ1n) is 11.0. The molecule has 0 amide bonds. The molecule has 1 aromatic carbocycles. The van der Waals surface area contributed by atoms with Gasteiger partial charge in [-0.3, -0.25) is 9.69 Å². The van der Waals surface area contributed by atoms with Gasteiger partial charge in [0.05, 0.1) is 31.2 Å². The van der Waals surface area contributed by atoms with Crippen LogP contribution in [0.25, 0.3) is 10.4 Å². The summed E-state index contributed by atoms with van der Waals surface area (Å²) in [5, 5.41) is 3.98. The molecular weight excluding hydrogens is 443 g/mol. The van der Waals surface area contributed by atoms with E-state index in [0.29, 0.717) is 25.6 Å². The quantitative estimate of drug-likeness (QED) is 0.496. The van der Waals surface area contributed by atoms with Crippen LogP contribution in [-0.2, 0) is 20.7 Å². The van der Waals surface area contributed by atoms with Crippen molar-refractivity contribution in [2.45, 2.75) is 13.3 Å². The number of nitrogens with zero attached hydrogens (tertiary/aromatic N) is 3. The van der Waals surface area contributed by atoms with Crippen molar-refractivity contribution in [3.63, 3.8) is 0 Å². The average molecular weight is 471 g/mol. The summed E-state index contributed by atoms with van der Waals surface area (Å²) in [7, 11) is 0. The molecular formula is C24H27FN4O3S. The maximum Gasteiger partial charge on any atom is 0.320 e. The second-order valence-electron chi connectivity index (χ2n) is 7.90. The Morgan fingerprint density at radius 2 is 2.15 bits per heavy atom. The zero-order chi connectivity index (χ0) is 23.0. The summed E-state index contributed by atoms with van der Waals surface area (Å²) in [6.45, 7) is 5.26. The topological polar surface area (TPSA) is 76.6 Å². The molecule has 4 rings (SSSR count). The predicted octanol–water partition coefficient (Wildman–Crippen LogP) is 4.14. The highest BCUT2D eigenvalue weighted by Gasteiger charge is 2.21. The summed E-state index contributed by atoms with van der Waals surface area (Å²) >= 11 is 1.49. The molecule has 174 valence electrons. The molecule has 1 aliphatic rings. The molecule has 9 heteroatoms. The lowest BCUT2D eigenvalue weighted by atomic mass is 10.0. The van der Waals surface area contributed by atoms with Gasteiger partial charge in [0, 0.05) is 25.5 Å². The van der Waals surface area contributed by atoms with Gasteiger partial charge >= 0.3 is 5.97 Å². The minimum absolute atomic E-state index is 0.197. The molecule has 3 aromatic rings. The normalized spacial score (nSPS) is 16.8. The first kappa shape index (κ1) is 23.3. The number of hydrogen-bond acceptors (Lipinski definition) is 8. The van der Waals surface area contributed by atoms with Gasteiger partial charge in [0.2, 0.25) is 0 Å². The summed E-state index contributed by atoms with van der Waals surface area (Å²) in [5.41, 5.74) is 2.05. The number of ether oxygens (including phenoxy) is 2. The number of hydrogen-bond donors (Lipinski definition) is 1. The third kappa shape index (κ3) is 6.80. The third-order valence-corrected chi connectivity index (χ3v) is 6.26. The first-order valence-corrected chi connectivity index (χ1v) is 11.8. The number of aromatic nitrogens is 2. The first-order chi connectivity index (χ1) is 16.1. The molecule has 1 fully saturated rings. The standard InChI is InChI=1S/C24H27FN4O3S/c1-2-32-23(30)15-29-9-10-31-16-18(14-29)11-17-7-8-26-22(12-17)28-24-27-13-21(33-24)19-3-5-20(25)6-4-19/h3-8,12-13,18H,2,9-11,14-16H2,1H3,(H,26,27,28). The molecule has 1 N–H and O–H groups in total. The Balaban J connectivity index is 1.37. The molecule has 1 atom stereocenters. The SMILES string of the molecule is CCOC(=O)CN1CCOCC(Cc2ccnc(Nc3ncc(-c4ccc(F)cc4)s3)c2)C1. The molecule has 1 saturated heterocycles. The molecule has 0 radical (unpaired) electrons. The minimum atomic E-state index is -0.259. The highest BCUT2D eigenvalue weighted by molar-refractivity contribution is 7.18. The molecule has 0 aliphatic carbocycles. The Labute approximate surface area is 196 Å². The van der Waals surface area contributed by atoms with Crippen LogP contribution in [-0.4, -0.2) is 60.3 Å². The van der Waals surface area contributed by atoms with E-state index in [1.165, 1.54) is 23.5 Å². The van der Waals surface area contributed by atoms with Gasteiger partial charge in [-0.25, -0.2) is 14.4 Å². The van der Waals surface area contributed by atoms with E-state index in [0.717, 1.165) is 40.6 Å². The van der Waals surface area contributed by atoms with Crippen molar-refractivity contribution < 1.29 is 18.7 Å². The number of anilines is 2. The van der Waals surface area contributed by atoms with Crippen molar-refractivity contribution in [2.75, 3.05) is 44.8 Å². The average Bonchev–Trinajstić information content (AvgIpc) is 3.14. The number of rotatable bonds is 8. The van der Waals surface area contributed by atoms with Gasteiger partial charge in [-0.2, -0.15) is 0 Å². The molecule has 2 aromatic heterocycles. The van der Waals surface area contributed by atoms with Gasteiger partial charge in [-0.15, -0.1) is 0 Å². The molecule has 7 nitrogen and oxygen atoms in total. The number of esters is 1. The Bertz CT molecular complexity index is 1060. The predicted molar refractivity (Wildman–Crippen MR) is 126 cm³/mol. The maximum absolute atomic E-state index is 13.2. The number of pyridine rings is 1. The van der Waals surface area contributed by atoms with Crippen molar-refractivity contribution in [3.8, 4) is 10.4 Å². The van der Waals surface area contributed by atoms with Crippen molar-refractivity contribution >= 4 is 28.3 Å². The van der Waals surface area contributed by atoms with Crippen molar-refractivity contribution in [1.29, 1.82) is 0 Å². The number of thiazole rings is 1. The highest BCUT2D eigenvalue weighted by atomic mass is 32.1. The van der Waals surface area contributed by atoms with Gasteiger partial charge in [-0.05, 0) is 54.7 Å². The summed E-state index contributed by atoms with van der Waals surface area (Å²) in [6.07, 6.45) is 4.36. The second-order valence-corrected chi connectivity index (χ2v) is 8.93. The van der Waals surface area contributed by atoms with Crippen LogP contribution in [0, 0.1) is 11.7 Å². The second kappa shape index (κ2) is 11.3. The third-order valence-electron chi connectivity index (χ3n) is 5.30. The zero-order valence-electron chi connectivity index (χ0n) is 18.5. The maximum atomic E-state index is 13.2. The fourth-order valence-electron chi connectivity index (χ4n) is 3.80. The van der Waals surface area contributed by atoms with Crippen molar-refractivity contribution in [3.05, 3.63) is 60.2 Å². The highest BCUT2D eigenvalue weighted by Crippen LogP contribution is 2.30. The molecule has 3 heterocycles. The van der Waals surface area contributed by atoms with E-state index in [2.05, 4.69) is 20.2 Å². The van der Waals surface area contributed by atoms with E-state index < -0.39 is 0 Å². The Kier molecular flexibility index (Phi) is 7.98. The summed E-state index contributed by atoms with van der Waals surface area (Å²) in [5.74, 6) is 0.523. The molecule has 1 aliphatic heterocycles. The van der Waals surface area contributed by atoms with Crippen LogP contribution >= 0.6 is 11.3 Å². The summed E-state index contributed by atoms with van der Waals surface area (Å²) < 4.78 is 24.0. The van der Waals surface area contributed by atoms with Gasteiger partial charge in [0.15, 0.2) is 5.13 Å². The van der Waals surface area contributed by atoms with Crippen LogP contribution in [0.1, 0.15) is 12.5 Å². The zero-order valence-corrected chi connectivity index (χ0v) is 19.3. The summed E-state index contributed by atoms with van der Waals surface area (Å²) in [4.78, 5) is 23.8. The van der Waals surface area contributed by atoms with E-state index >= 15 is 0 Å². The van der Waals surface area contributed by atoms with E-state index in [1.807, 2.05) is 19.1 Å². The number of halogens is 1. The lowest BCUT2D eigenvalue weighted by molar-refractivity contribution is -0.144. The largest absolute Gasteiger partial charge is 0.465 e. The van der Waals surface area contributed by atoms with Crippen molar-refractivity contribution in [2.24, 2.45) is 5.92 Å². The van der Waals surface area contributed by atoms with Crippen LogP contribution in [0.5, 0.6) is 0 Å². The molecule has 33 heavy (non-hydrogen) atoms. The Morgan fingerprint density at radius 1 is 1.30 bits per heavy atom. The van der Waals surface area contributed by atoms with Crippen LogP contribution in [0.15, 0.2) is 48.8 Å². The van der Waals surface area contributed by atoms with E-state index in [4.69, 9.17) is 9.47 Å². The Morgan fingerprint density at radius 3 is 2.97 bits per heavy atom. The van der Waals surface area contributed by atoms with Crippen LogP contribution in [0.2, 0.25) is 0 Å². The fraction of sp³-hybridized carbons (Fsp3) is 0.375. The van der Waals surface area contributed by atoms with E-state index in [1.54, 1.807) is 24.5 Å². The molecule has 0 bridgehead atoms. The number of benzene rings is 1. The van der Waals surface area contributed by atoms with Crippen LogP contribution in [0.3, 0.4) is 0 Å². The fourth-order valence-corrected chi connectivity index (χ4v) is 4.63. The van der Waals surface area contributed by atoms with Crippen molar-refractivity contribution in [1.82, 2.24) is 14.9 Å². The van der Waals surface area contributed by atoms with Gasteiger partial charge in [-0.1, -0.05) is 23.5 Å². The minimum Gasteiger partial charge on any atom is -0.465 e. The van der Waals surface area contributed by atoms with Gasteiger partial charge in [0.25, 0.3) is 0 Å². The number of nitrogens with one attached hydrogen (secondary N) is 1. The Hall–Kier alpha value is -2.88. The molecule has 0 saturated carbocycles. The van der Waals surface area contributed by atoms with Gasteiger partial charge < -0.3 is 14.8 Å². The van der Waals surface area contributed by atoms with E-state index in [9.17, 15) is 9.18 Å². The number of carbonyl (C=O) groups is 1. The smallest absolute Gasteiger partial charge is 0.320 e. The molecule has 1 unspecified atom stereocenters. The lowest BCUT2D eigenvalue weighted by Crippen LogP contribution is -2.36. The summed E-state index contributed by atoms with van der Waals surface area (Å²) in [6, 6.07) is 10.4. The lowest BCUT2D eigenvalue weighted by Gasteiger charge is -2.22.